The fraction of sp³-hybridized carbons (Fsp3) is 0.517. The molecule has 11 aromatic rings. The van der Waals surface area contributed by atoms with Gasteiger partial charge in [0, 0.05) is 6.42 Å². The summed E-state index contributed by atoms with van der Waals surface area (Å²) < 4.78 is 181. The maximum atomic E-state index is 16.0. The van der Waals surface area contributed by atoms with Crippen LogP contribution in [0, 0.1) is 0 Å². The number of aliphatic hydroxyl groups is 1. The highest BCUT2D eigenvalue weighted by atomic mass is 32.7. The van der Waals surface area contributed by atoms with Crippen molar-refractivity contribution < 1.29 is 130 Å². The van der Waals surface area contributed by atoms with Gasteiger partial charge in [-0.2, -0.15) is 15.0 Å². The molecule has 21 rings (SSSR count). The second-order valence-electron chi connectivity index (χ2n) is 30.2. The summed E-state index contributed by atoms with van der Waals surface area (Å²) in [6, 6.07) is 0. The third kappa shape index (κ3) is 18.8. The number of nitrogens with zero attached hydrogens (tertiary/aromatic N) is 18. The molecule has 0 aromatic carbocycles. The highest BCUT2D eigenvalue weighted by Gasteiger charge is 2.58. The van der Waals surface area contributed by atoms with E-state index in [1.165, 1.54) is 26.4 Å². The van der Waals surface area contributed by atoms with Crippen LogP contribution in [0.2, 0.25) is 0 Å². The molecule has 0 saturated carbocycles. The zero-order chi connectivity index (χ0) is 94.6. The van der Waals surface area contributed by atoms with E-state index < -0.39 is 254 Å². The molecule has 30 atom stereocenters. The molecule has 7 unspecified atom stereocenters. The molecule has 10 aliphatic heterocycles. The second kappa shape index (κ2) is 36.8. The number of H-pyrrole nitrogens is 5. The summed E-state index contributed by atoms with van der Waals surface area (Å²) in [4.78, 5) is 176. The van der Waals surface area contributed by atoms with Crippen LogP contribution >= 0.6 is 64.4 Å². The normalized spacial score (nSPS) is 38.2. The number of nitrogens with one attached hydrogen (secondary N) is 6. The molecule has 0 amide bonds. The highest BCUT2D eigenvalue weighted by Crippen LogP contribution is 2.62. The summed E-state index contributed by atoms with van der Waals surface area (Å²) in [6.45, 7) is -29.0. The largest absolute Gasteiger partial charge is 0.389 e. The zero-order valence-corrected chi connectivity index (χ0v) is 77.7. The van der Waals surface area contributed by atoms with Gasteiger partial charge in [-0.15, -0.1) is 11.8 Å². The third-order valence-corrected chi connectivity index (χ3v) is 32.8. The Balaban J connectivity index is 0.000000129. The average Bonchev–Trinajstić information content (AvgIpc) is 1.61. The van der Waals surface area contributed by atoms with E-state index in [2.05, 4.69) is 102 Å². The number of halogens is 4. The summed E-state index contributed by atoms with van der Waals surface area (Å²) in [5, 5.41) is 9.44. The number of aliphatic hydroxyl groups excluding tert-OH is 1. The Kier molecular flexibility index (Phi) is 26.3. The number of fused-ring (bicyclic) bond motifs is 15. The molecular formula is C60H68F4N28O29P6S7. The number of hydrogen-bond donors (Lipinski definition) is 17. The first-order chi connectivity index (χ1) is 63.5. The number of rotatable bonds is 6. The molecule has 6 bridgehead atoms. The topological polar surface area (TPSA) is 760 Å². The number of aliphatic imine (C=N–C) groups is 1. The van der Waals surface area contributed by atoms with Crippen molar-refractivity contribution in [1.82, 2.24) is 107 Å². The minimum Gasteiger partial charge on any atom is -0.389 e. The van der Waals surface area contributed by atoms with Gasteiger partial charge in [-0.25, -0.2) is 71.7 Å². The smallest absolute Gasteiger partial charge is 0.386 e. The van der Waals surface area contributed by atoms with Crippen molar-refractivity contribution in [3.8, 4) is 0 Å². The predicted molar refractivity (Wildman–Crippen MR) is 469 cm³/mol. The number of hydrogen-bond acceptors (Lipinski definition) is 47. The van der Waals surface area contributed by atoms with E-state index in [9.17, 15) is 58.1 Å². The Bertz CT molecular complexity index is 6830. The Morgan fingerprint density at radius 3 is 1.31 bits per heavy atom. The summed E-state index contributed by atoms with van der Waals surface area (Å²) >= 11 is 31.1. The Morgan fingerprint density at radius 2 is 0.836 bits per heavy atom. The van der Waals surface area contributed by atoms with E-state index in [1.54, 1.807) is 10.9 Å². The standard InChI is InChI=1S/C20H21F2N9O10P2S2.C20H25FN10O9P2S2.C20H22FN9O10P2S3/c21-8-6-1-36-42(34,44)40-12-7(39-18(9(12)22)30-4-26-10-14(30)24-3-25-16(10)32)2-37-43(35,45)41-13(8)19(38-6)31-5-27-11-15(31)28-20(23)29-17(11)33;21-12-11-4-36-41(33,43)39-9-1-8(7-2-24-17-15(22)25-5-27-31(7)17)37-10(9)3-35-42(34,44)40-14(12)19(38-11)30-6-26-13-16(30)28-20(23)29-18(13)32;21-8-12-6(38-18(8)29-4-25-9-14(29)23-3-24-16(9)32)1-36-41(34,43)40-13-11(31)7(2-37-42(35,44)39-12)45-19(13)30-5-26-10-15(30)27-20(22)28-17(10)33/h3-9,12-13,18-19H,1-2H2,(H,34,44)(H,35,45)(H,24,25,32)(H3,23,28,29,33);2,5-6,8-12,14-15,19H,1,3-4,22H2,(H,25,27)(H,33,43)(H,34,44)(H3,23,28,29,32);3-8,11-13,18-19,31H,1-2H2,(H,34,43)(H,35,44)(H,23,24,32)(H3,22,27,28,33)/t6-,7-,8+,9+,12-,13-,18-,19-,42?,43?;8-,9+,10-,11-,12-,14-,15?,19-,41?,42?;6-,7-,8+,11-,12-,13-,18-,19-,41?,42?/m111/s1. The number of thiol groups is 1. The van der Waals surface area contributed by atoms with Crippen LogP contribution < -0.4 is 56.2 Å². The molecule has 722 valence electrons. The number of imidazole rings is 6. The van der Waals surface area contributed by atoms with E-state index >= 15 is 17.6 Å². The van der Waals surface area contributed by atoms with E-state index in [-0.39, 0.29) is 80.1 Å². The van der Waals surface area contributed by atoms with Crippen molar-refractivity contribution in [1.29, 1.82) is 0 Å². The number of anilines is 3. The predicted octanol–water partition coefficient (Wildman–Crippen LogP) is -0.868. The van der Waals surface area contributed by atoms with Crippen LogP contribution in [0.25, 0.3) is 55.8 Å². The van der Waals surface area contributed by atoms with Gasteiger partial charge in [-0.1, -0.05) is 12.2 Å². The lowest BCUT2D eigenvalue weighted by Gasteiger charge is -2.28. The monoisotopic (exact) mass is 2130 g/mol. The quantitative estimate of drug-likeness (QED) is 0.0547. The van der Waals surface area contributed by atoms with Crippen LogP contribution in [0.3, 0.4) is 0 Å². The maximum Gasteiger partial charge on any atom is 0.386 e. The second-order valence-corrected chi connectivity index (χ2v) is 48.4. The van der Waals surface area contributed by atoms with Crippen LogP contribution in [0.15, 0.2) is 79.5 Å². The molecule has 9 fully saturated rings. The maximum absolute atomic E-state index is 16.0. The number of ether oxygens (including phenoxy) is 5. The molecule has 0 aliphatic carbocycles. The van der Waals surface area contributed by atoms with Gasteiger partial charge in [-0.3, -0.25) is 94.3 Å². The van der Waals surface area contributed by atoms with Crippen molar-refractivity contribution in [3.63, 3.8) is 0 Å². The fourth-order valence-corrected chi connectivity index (χ4v) is 26.2. The van der Waals surface area contributed by atoms with Crippen molar-refractivity contribution >= 4 is 203 Å². The van der Waals surface area contributed by atoms with Crippen molar-refractivity contribution in [3.05, 3.63) is 114 Å². The SMILES string of the molecule is Nc1nc2c(ncn2[C@@H]2O[C@@H]3COP(O)(=S)O[C@H]4C[C@H](c5cnc6n5NC=NC6N)O[C@@H]4COP(=O)(S)O[C@@H]2[C@@H]3F)c(=O)[nH]1.Nc1nc2c(ncn2[C@@H]2O[C@@H]3COP(O)(=S)O[C@H]4[C@H](F)[C@H](n5cnc6c(=O)[nH]cnc65)O[C@@H]4COP(O)(=S)O[C@@H]2[C@H]3F)c(=O)[nH]1.Nc1nc2c(ncn2[C@@H]2S[C@@H]3COP(O)(=S)O[C@H]4[C@H](F)[C@H](n5cnc6c(=O)[nH]cnc65)O[C@@H]4COP(O)(=S)O[C@@H]2[C@@H]3O)c(=O)[nH]1. The first-order valence-electron chi connectivity index (χ1n) is 38.7. The van der Waals surface area contributed by atoms with Gasteiger partial charge in [0.25, 0.3) is 27.8 Å². The van der Waals surface area contributed by atoms with E-state index in [0.29, 0.717) is 11.5 Å². The van der Waals surface area contributed by atoms with Crippen LogP contribution in [-0.2, 0) is 142 Å². The van der Waals surface area contributed by atoms with Crippen LogP contribution in [0.1, 0.15) is 60.5 Å². The van der Waals surface area contributed by atoms with E-state index in [4.69, 9.17) is 160 Å². The third-order valence-electron chi connectivity index (χ3n) is 21.8. The fourth-order valence-electron chi connectivity index (χ4n) is 15.9. The molecule has 20 N–H and O–H groups in total. The summed E-state index contributed by atoms with van der Waals surface area (Å²) in [5.41, 5.74) is 22.9. The van der Waals surface area contributed by atoms with Gasteiger partial charge in [0.05, 0.1) is 113 Å². The van der Waals surface area contributed by atoms with Crippen LogP contribution in [0.4, 0.5) is 35.4 Å². The molecule has 10 aliphatic rings. The summed E-state index contributed by atoms with van der Waals surface area (Å²) in [5.74, 6) is -0.243. The number of aromatic amines is 5. The van der Waals surface area contributed by atoms with Gasteiger partial charge in [0.15, 0.2) is 117 Å². The van der Waals surface area contributed by atoms with Gasteiger partial charge < -0.3 is 113 Å². The lowest BCUT2D eigenvalue weighted by atomic mass is 10.1. The van der Waals surface area contributed by atoms with Crippen molar-refractivity contribution in [2.45, 2.75) is 152 Å². The Morgan fingerprint density at radius 1 is 0.448 bits per heavy atom. The number of aromatic nitrogens is 22. The van der Waals surface area contributed by atoms with Crippen molar-refractivity contribution in [2.75, 3.05) is 62.3 Å². The molecule has 21 heterocycles. The molecule has 0 spiro atoms. The van der Waals surface area contributed by atoms with Crippen LogP contribution in [0.5, 0.6) is 0 Å². The molecule has 9 saturated heterocycles. The van der Waals surface area contributed by atoms with E-state index in [1.807, 2.05) is 0 Å². The zero-order valence-electron chi connectivity index (χ0n) is 66.5. The first-order valence-corrected chi connectivity index (χ1v) is 55.3. The van der Waals surface area contributed by atoms with Gasteiger partial charge in [0.2, 0.25) is 17.8 Å². The van der Waals surface area contributed by atoms with E-state index in [0.717, 1.165) is 58.9 Å². The molecular weight excluding hydrogens is 2060 g/mol. The Hall–Kier alpha value is -7.23. The Labute approximate surface area is 774 Å². The molecule has 134 heavy (non-hydrogen) atoms. The molecule has 74 heteroatoms. The van der Waals surface area contributed by atoms with Gasteiger partial charge >= 0.3 is 40.4 Å². The summed E-state index contributed by atoms with van der Waals surface area (Å²) in [6.07, 6.45) is -21.1. The lowest BCUT2D eigenvalue weighted by molar-refractivity contribution is -0.0599. The molecule has 11 aromatic heterocycles. The van der Waals surface area contributed by atoms with Crippen LogP contribution in [-0.4, -0.2) is 286 Å². The van der Waals surface area contributed by atoms with Crippen molar-refractivity contribution in [2.24, 2.45) is 10.7 Å². The first kappa shape index (κ1) is 95.7. The minimum atomic E-state index is -4.37. The number of nitrogen functional groups attached to an aromatic ring is 3. The van der Waals surface area contributed by atoms with Gasteiger partial charge in [0.1, 0.15) is 78.9 Å². The highest BCUT2D eigenvalue weighted by molar-refractivity contribution is 8.44. The number of alkyl halides is 4. The van der Waals surface area contributed by atoms with Gasteiger partial charge in [-0.05, 0) is 59.0 Å². The lowest BCUT2D eigenvalue weighted by Crippen LogP contribution is -2.35. The minimum absolute atomic E-state index is 0.00954. The number of nitrogens with two attached hydrogens (primary N) is 4. The number of thioether (sulfide) groups is 1. The molecule has 57 nitrogen and oxygen atoms in total. The average molecular weight is 2130 g/mol. The summed E-state index contributed by atoms with van der Waals surface area (Å²) in [7, 11) is 0. The molecule has 0 radical (unpaired) electrons.